The van der Waals surface area contributed by atoms with Gasteiger partial charge in [0, 0.05) is 6.07 Å². The van der Waals surface area contributed by atoms with Crippen molar-refractivity contribution in [2.45, 2.75) is 44.2 Å². The second-order valence-corrected chi connectivity index (χ2v) is 5.08. The van der Waals surface area contributed by atoms with E-state index in [-0.39, 0.29) is 23.2 Å². The normalized spacial score (nSPS) is 22.3. The summed E-state index contributed by atoms with van der Waals surface area (Å²) in [5, 5.41) is 32.8. The Labute approximate surface area is 121 Å². The molecule has 1 aromatic rings. The van der Waals surface area contributed by atoms with Gasteiger partial charge in [0.1, 0.15) is 0 Å². The molecule has 2 atom stereocenters. The number of aliphatic hydroxyl groups excluding tert-OH is 1. The highest BCUT2D eigenvalue weighted by atomic mass is 16.6. The van der Waals surface area contributed by atoms with E-state index in [4.69, 9.17) is 5.11 Å². The summed E-state index contributed by atoms with van der Waals surface area (Å²) in [6, 6.07) is 1.85. The van der Waals surface area contributed by atoms with Crippen LogP contribution in [0.3, 0.4) is 0 Å². The molecule has 1 aliphatic carbocycles. The number of carboxylic acids is 1. The highest BCUT2D eigenvalue weighted by Gasteiger charge is 2.26. The molecule has 0 amide bonds. The quantitative estimate of drug-likeness (QED) is 0.439. The van der Waals surface area contributed by atoms with Crippen molar-refractivity contribution in [1.29, 1.82) is 0 Å². The van der Waals surface area contributed by atoms with Crippen LogP contribution in [-0.4, -0.2) is 38.2 Å². The number of pyridine rings is 1. The third-order valence-corrected chi connectivity index (χ3v) is 3.59. The minimum atomic E-state index is -1.26. The number of aliphatic hydroxyl groups is 1. The number of carboxylic acid groups (broad SMARTS) is 1. The molecule has 0 bridgehead atoms. The van der Waals surface area contributed by atoms with Crippen LogP contribution in [0.25, 0.3) is 0 Å². The number of carbonyl (C=O) groups is 1. The Hall–Kier alpha value is -2.22. The molecular weight excluding hydrogens is 278 g/mol. The Kier molecular flexibility index (Phi) is 4.69. The highest BCUT2D eigenvalue weighted by Crippen LogP contribution is 2.27. The van der Waals surface area contributed by atoms with Crippen LogP contribution in [0.15, 0.2) is 12.1 Å². The number of aromatic carboxylic acids is 1. The van der Waals surface area contributed by atoms with Gasteiger partial charge in [-0.2, -0.15) is 0 Å². The predicted octanol–water partition coefficient (Wildman–Crippen LogP) is 1.79. The molecule has 21 heavy (non-hydrogen) atoms. The molecule has 1 aliphatic rings. The van der Waals surface area contributed by atoms with Crippen LogP contribution >= 0.6 is 0 Å². The number of hydrogen-bond donors (Lipinski definition) is 3. The SMILES string of the molecule is O=C(O)c1ccc([N+](=O)[O-])c(NC2CCCCCC2O)n1. The molecule has 2 rings (SSSR count). The van der Waals surface area contributed by atoms with Gasteiger partial charge in [0.15, 0.2) is 5.69 Å². The monoisotopic (exact) mass is 295 g/mol. The molecule has 0 saturated heterocycles. The summed E-state index contributed by atoms with van der Waals surface area (Å²) >= 11 is 0. The molecule has 1 saturated carbocycles. The fourth-order valence-corrected chi connectivity index (χ4v) is 2.46. The molecule has 1 fully saturated rings. The Bertz CT molecular complexity index is 549. The number of nitrogens with one attached hydrogen (secondary N) is 1. The van der Waals surface area contributed by atoms with Gasteiger partial charge >= 0.3 is 11.7 Å². The van der Waals surface area contributed by atoms with E-state index in [1.807, 2.05) is 0 Å². The zero-order valence-corrected chi connectivity index (χ0v) is 11.4. The first-order chi connectivity index (χ1) is 9.99. The van der Waals surface area contributed by atoms with E-state index in [1.165, 1.54) is 0 Å². The lowest BCUT2D eigenvalue weighted by atomic mass is 10.1. The van der Waals surface area contributed by atoms with Gasteiger partial charge in [-0.25, -0.2) is 9.78 Å². The van der Waals surface area contributed by atoms with Crippen LogP contribution < -0.4 is 5.32 Å². The third-order valence-electron chi connectivity index (χ3n) is 3.59. The van der Waals surface area contributed by atoms with Crippen LogP contribution in [0.2, 0.25) is 0 Å². The molecule has 3 N–H and O–H groups in total. The van der Waals surface area contributed by atoms with Crippen molar-refractivity contribution in [3.63, 3.8) is 0 Å². The summed E-state index contributed by atoms with van der Waals surface area (Å²) in [5.74, 6) is -1.36. The van der Waals surface area contributed by atoms with Crippen molar-refractivity contribution in [3.8, 4) is 0 Å². The van der Waals surface area contributed by atoms with Gasteiger partial charge in [0.2, 0.25) is 5.82 Å². The van der Waals surface area contributed by atoms with Crippen LogP contribution in [-0.2, 0) is 0 Å². The van der Waals surface area contributed by atoms with Gasteiger partial charge in [-0.1, -0.05) is 19.3 Å². The summed E-state index contributed by atoms with van der Waals surface area (Å²) in [4.78, 5) is 25.1. The molecule has 1 heterocycles. The maximum absolute atomic E-state index is 11.0. The van der Waals surface area contributed by atoms with Crippen molar-refractivity contribution >= 4 is 17.5 Å². The van der Waals surface area contributed by atoms with Gasteiger partial charge in [-0.05, 0) is 18.9 Å². The van der Waals surface area contributed by atoms with Gasteiger partial charge in [0.25, 0.3) is 0 Å². The minimum absolute atomic E-state index is 0.106. The number of rotatable bonds is 4. The fraction of sp³-hybridized carbons (Fsp3) is 0.538. The maximum atomic E-state index is 11.0. The van der Waals surface area contributed by atoms with E-state index < -0.39 is 17.0 Å². The molecular formula is C13H17N3O5. The van der Waals surface area contributed by atoms with Crippen LogP contribution in [0, 0.1) is 10.1 Å². The lowest BCUT2D eigenvalue weighted by molar-refractivity contribution is -0.384. The largest absolute Gasteiger partial charge is 0.477 e. The molecule has 8 nitrogen and oxygen atoms in total. The van der Waals surface area contributed by atoms with Crippen molar-refractivity contribution in [2.24, 2.45) is 0 Å². The topological polar surface area (TPSA) is 126 Å². The Morgan fingerprint density at radius 3 is 2.71 bits per heavy atom. The highest BCUT2D eigenvalue weighted by molar-refractivity contribution is 5.86. The van der Waals surface area contributed by atoms with Crippen LogP contribution in [0.5, 0.6) is 0 Å². The third kappa shape index (κ3) is 3.66. The van der Waals surface area contributed by atoms with Crippen LogP contribution in [0.4, 0.5) is 11.5 Å². The standard InChI is InChI=1S/C13H17N3O5/c17-11-5-3-1-2-4-8(11)14-12-10(16(20)21)7-6-9(15-12)13(18)19/h6-8,11,17H,1-5H2,(H,14,15)(H,18,19). The second kappa shape index (κ2) is 6.49. The minimum Gasteiger partial charge on any atom is -0.477 e. The first-order valence-electron chi connectivity index (χ1n) is 6.82. The summed E-state index contributed by atoms with van der Waals surface area (Å²) in [6.07, 6.45) is 3.47. The van der Waals surface area contributed by atoms with Gasteiger partial charge in [-0.15, -0.1) is 0 Å². The lowest BCUT2D eigenvalue weighted by Crippen LogP contribution is -2.33. The van der Waals surface area contributed by atoms with E-state index in [0.717, 1.165) is 31.4 Å². The lowest BCUT2D eigenvalue weighted by Gasteiger charge is -2.22. The van der Waals surface area contributed by atoms with Crippen molar-refractivity contribution in [3.05, 3.63) is 27.9 Å². The Balaban J connectivity index is 2.29. The summed E-state index contributed by atoms with van der Waals surface area (Å²) in [7, 11) is 0. The van der Waals surface area contributed by atoms with E-state index >= 15 is 0 Å². The average molecular weight is 295 g/mol. The van der Waals surface area contributed by atoms with Gasteiger partial charge < -0.3 is 15.5 Å². The maximum Gasteiger partial charge on any atom is 0.354 e. The van der Waals surface area contributed by atoms with Crippen LogP contribution in [0.1, 0.15) is 42.6 Å². The molecule has 8 heteroatoms. The molecule has 0 spiro atoms. The summed E-state index contributed by atoms with van der Waals surface area (Å²) in [5.41, 5.74) is -0.567. The molecule has 114 valence electrons. The number of anilines is 1. The van der Waals surface area contributed by atoms with Gasteiger partial charge in [0.05, 0.1) is 17.1 Å². The van der Waals surface area contributed by atoms with E-state index in [1.54, 1.807) is 0 Å². The van der Waals surface area contributed by atoms with E-state index in [9.17, 15) is 20.0 Å². The zero-order chi connectivity index (χ0) is 15.4. The number of nitro groups is 1. The van der Waals surface area contributed by atoms with E-state index in [0.29, 0.717) is 12.8 Å². The predicted molar refractivity (Wildman–Crippen MR) is 74.4 cm³/mol. The molecule has 0 radical (unpaired) electrons. The van der Waals surface area contributed by atoms with Crippen molar-refractivity contribution < 1.29 is 19.9 Å². The first kappa shape index (κ1) is 15.2. The molecule has 1 aromatic heterocycles. The summed E-state index contributed by atoms with van der Waals surface area (Å²) in [6.45, 7) is 0. The summed E-state index contributed by atoms with van der Waals surface area (Å²) < 4.78 is 0. The van der Waals surface area contributed by atoms with Crippen molar-refractivity contribution in [2.75, 3.05) is 5.32 Å². The number of hydrogen-bond acceptors (Lipinski definition) is 6. The Morgan fingerprint density at radius 2 is 2.05 bits per heavy atom. The molecule has 0 aliphatic heterocycles. The molecule has 0 aromatic carbocycles. The van der Waals surface area contributed by atoms with E-state index in [2.05, 4.69) is 10.3 Å². The Morgan fingerprint density at radius 1 is 1.33 bits per heavy atom. The van der Waals surface area contributed by atoms with Gasteiger partial charge in [-0.3, -0.25) is 10.1 Å². The first-order valence-corrected chi connectivity index (χ1v) is 6.82. The fourth-order valence-electron chi connectivity index (χ4n) is 2.46. The zero-order valence-electron chi connectivity index (χ0n) is 11.4. The smallest absolute Gasteiger partial charge is 0.354 e. The van der Waals surface area contributed by atoms with Crippen molar-refractivity contribution in [1.82, 2.24) is 4.98 Å². The average Bonchev–Trinajstić information content (AvgIpc) is 2.64. The molecule has 2 unspecified atom stereocenters. The number of nitrogens with zero attached hydrogens (tertiary/aromatic N) is 2. The number of aromatic nitrogens is 1. The second-order valence-electron chi connectivity index (χ2n) is 5.08.